The standard InChI is InChI=1S/2C18H15P.C6H7N2O2.Pt/c2*1-4-10-16(11-5-1)19(17-12-6-2-7-13-17)18-14-8-3-9-15-18;1-6(2,10-9)5(3-7)4-8;/h2*1-15H;9H,1-2H3;/q;;-1;. The summed E-state index contributed by atoms with van der Waals surface area (Å²) in [6, 6.07) is 67.9. The Balaban J connectivity index is 0.000000208. The molecule has 6 aromatic carbocycles. The van der Waals surface area contributed by atoms with Crippen molar-refractivity contribution in [2.45, 2.75) is 19.4 Å². The normalized spacial score (nSPS) is 10.2. The average Bonchev–Trinajstić information content (AvgIpc) is 3.15. The fourth-order valence-electron chi connectivity index (χ4n) is 4.70. The molecule has 0 spiro atoms. The van der Waals surface area contributed by atoms with Crippen molar-refractivity contribution < 1.29 is 31.2 Å². The number of hydrogen-bond acceptors (Lipinski definition) is 4. The van der Waals surface area contributed by atoms with Crippen LogP contribution in [0.1, 0.15) is 13.8 Å². The molecule has 0 heterocycles. The third-order valence-corrected chi connectivity index (χ3v) is 12.0. The minimum atomic E-state index is -1.19. The Kier molecular flexibility index (Phi) is 16.7. The third kappa shape index (κ3) is 11.6. The molecular weight excluding hydrogens is 821 g/mol. The van der Waals surface area contributed by atoms with E-state index in [0.29, 0.717) is 0 Å². The van der Waals surface area contributed by atoms with Gasteiger partial charge >= 0.3 is 0 Å². The second-order valence-electron chi connectivity index (χ2n) is 10.9. The fraction of sp³-hybridized carbons (Fsp3) is 0.0714. The van der Waals surface area contributed by atoms with Crippen LogP contribution in [0, 0.1) is 28.6 Å². The molecule has 0 saturated carbocycles. The zero-order valence-corrected chi connectivity index (χ0v) is 31.3. The van der Waals surface area contributed by atoms with Crippen LogP contribution in [0.15, 0.2) is 182 Å². The van der Waals surface area contributed by atoms with Crippen molar-refractivity contribution in [2.75, 3.05) is 0 Å². The van der Waals surface area contributed by atoms with Gasteiger partial charge in [-0.15, -0.1) is 5.92 Å². The number of rotatable bonds is 8. The van der Waals surface area contributed by atoms with E-state index in [1.165, 1.54) is 45.7 Å². The average molecular weight is 859 g/mol. The molecule has 7 heteroatoms. The molecule has 4 nitrogen and oxygen atoms in total. The van der Waals surface area contributed by atoms with Crippen LogP contribution in [0.2, 0.25) is 0 Å². The van der Waals surface area contributed by atoms with Crippen LogP contribution in [0.4, 0.5) is 0 Å². The maximum atomic E-state index is 8.29. The van der Waals surface area contributed by atoms with E-state index in [2.05, 4.69) is 187 Å². The van der Waals surface area contributed by atoms with Crippen molar-refractivity contribution in [3.8, 4) is 12.1 Å². The molecule has 49 heavy (non-hydrogen) atoms. The van der Waals surface area contributed by atoms with Gasteiger partial charge in [0.2, 0.25) is 0 Å². The molecule has 6 aromatic rings. The summed E-state index contributed by atoms with van der Waals surface area (Å²) >= 11 is 0. The van der Waals surface area contributed by atoms with Crippen LogP contribution < -0.4 is 31.8 Å². The molecule has 0 aliphatic carbocycles. The van der Waals surface area contributed by atoms with Gasteiger partial charge in [0, 0.05) is 26.7 Å². The largest absolute Gasteiger partial charge is 0.262 e. The first kappa shape index (κ1) is 39.1. The summed E-state index contributed by atoms with van der Waals surface area (Å²) in [4.78, 5) is 3.90. The predicted octanol–water partition coefficient (Wildman–Crippen LogP) is 7.76. The summed E-state index contributed by atoms with van der Waals surface area (Å²) in [6.45, 7) is 2.85. The minimum Gasteiger partial charge on any atom is -0.262 e. The van der Waals surface area contributed by atoms with Gasteiger partial charge in [-0.1, -0.05) is 208 Å². The smallest absolute Gasteiger partial charge is 0.0159 e. The van der Waals surface area contributed by atoms with Gasteiger partial charge in [0.05, 0.1) is 0 Å². The molecule has 1 N–H and O–H groups in total. The zero-order valence-electron chi connectivity index (χ0n) is 27.3. The molecule has 0 fully saturated rings. The summed E-state index contributed by atoms with van der Waals surface area (Å²) < 4.78 is 0. The molecule has 0 saturated heterocycles. The number of nitrogens with zero attached hydrogens (tertiary/aromatic N) is 2. The monoisotopic (exact) mass is 858 g/mol. The second kappa shape index (κ2) is 20.9. The van der Waals surface area contributed by atoms with E-state index in [9.17, 15) is 0 Å². The van der Waals surface area contributed by atoms with E-state index < -0.39 is 21.4 Å². The third-order valence-electron chi connectivity index (χ3n) is 7.14. The maximum absolute atomic E-state index is 8.29. The van der Waals surface area contributed by atoms with E-state index in [1.54, 1.807) is 12.1 Å². The van der Waals surface area contributed by atoms with Crippen LogP contribution in [0.5, 0.6) is 0 Å². The number of benzene rings is 6. The van der Waals surface area contributed by atoms with E-state index in [1.807, 2.05) is 0 Å². The summed E-state index contributed by atoms with van der Waals surface area (Å²) in [5.74, 6) is -0.157. The van der Waals surface area contributed by atoms with E-state index in [-0.39, 0.29) is 27.0 Å². The zero-order chi connectivity index (χ0) is 34.0. The maximum Gasteiger partial charge on any atom is 0.0159 e. The summed E-state index contributed by atoms with van der Waals surface area (Å²) in [5.41, 5.74) is -1.19. The Hall–Kier alpha value is -4.36. The molecule has 0 aliphatic rings. The second-order valence-corrected chi connectivity index (χ2v) is 15.3. The molecule has 0 bridgehead atoms. The minimum absolute atomic E-state index is 0. The van der Waals surface area contributed by atoms with Crippen molar-refractivity contribution in [1.82, 2.24) is 0 Å². The van der Waals surface area contributed by atoms with Crippen LogP contribution >= 0.6 is 15.8 Å². The van der Waals surface area contributed by atoms with Crippen molar-refractivity contribution in [3.05, 3.63) is 188 Å². The first-order chi connectivity index (χ1) is 23.5. The topological polar surface area (TPSA) is 77.0 Å². The van der Waals surface area contributed by atoms with Crippen molar-refractivity contribution in [1.29, 1.82) is 10.5 Å². The quantitative estimate of drug-likeness (QED) is 0.0736. The van der Waals surface area contributed by atoms with Crippen LogP contribution in [0.3, 0.4) is 0 Å². The van der Waals surface area contributed by atoms with Gasteiger partial charge in [-0.05, 0) is 47.7 Å². The summed E-state index contributed by atoms with van der Waals surface area (Å²) in [5, 5.41) is 33.2. The summed E-state index contributed by atoms with van der Waals surface area (Å²) in [7, 11) is -0.892. The molecule has 0 unspecified atom stereocenters. The Bertz CT molecular complexity index is 1530. The van der Waals surface area contributed by atoms with Crippen molar-refractivity contribution in [3.63, 3.8) is 0 Å². The van der Waals surface area contributed by atoms with Gasteiger partial charge in [0.25, 0.3) is 0 Å². The molecule has 0 aliphatic heterocycles. The van der Waals surface area contributed by atoms with Gasteiger partial charge < -0.3 is 0 Å². The van der Waals surface area contributed by atoms with Gasteiger partial charge in [-0.25, -0.2) is 10.5 Å². The van der Waals surface area contributed by atoms with Gasteiger partial charge in [-0.3, -0.25) is 10.1 Å². The molecular formula is C42H37N2O2P2Pt-. The van der Waals surface area contributed by atoms with Crippen molar-refractivity contribution >= 4 is 47.7 Å². The molecule has 0 amide bonds. The summed E-state index contributed by atoms with van der Waals surface area (Å²) in [6.07, 6.45) is 0. The van der Waals surface area contributed by atoms with Crippen molar-refractivity contribution in [2.24, 2.45) is 0 Å². The first-order valence-corrected chi connectivity index (χ1v) is 18.1. The molecule has 248 valence electrons. The van der Waals surface area contributed by atoms with E-state index in [4.69, 9.17) is 15.8 Å². The van der Waals surface area contributed by atoms with E-state index >= 15 is 0 Å². The molecule has 0 atom stereocenters. The SMILES string of the molecule is CC(C)(OO)[C-](C#N)C#N.[Pt].c1ccc(P(c2ccccc2)c2ccccc2)cc1.c1ccc(P(c2ccccc2)c2ccccc2)cc1. The van der Waals surface area contributed by atoms with Crippen LogP contribution in [-0.4, -0.2) is 10.9 Å². The molecule has 0 radical (unpaired) electrons. The van der Waals surface area contributed by atoms with Crippen LogP contribution in [0.25, 0.3) is 0 Å². The van der Waals surface area contributed by atoms with Crippen LogP contribution in [-0.2, 0) is 26.0 Å². The Labute approximate surface area is 307 Å². The molecule has 6 rings (SSSR count). The Morgan fingerprint density at radius 1 is 0.449 bits per heavy atom. The first-order valence-electron chi connectivity index (χ1n) is 15.4. The fourth-order valence-corrected chi connectivity index (χ4v) is 9.31. The van der Waals surface area contributed by atoms with Gasteiger partial charge in [0.1, 0.15) is 0 Å². The number of nitriles is 2. The number of hydrogen-bond donors (Lipinski definition) is 1. The Morgan fingerprint density at radius 3 is 0.755 bits per heavy atom. The van der Waals surface area contributed by atoms with Gasteiger partial charge in [-0.2, -0.15) is 0 Å². The van der Waals surface area contributed by atoms with Gasteiger partial charge in [0.15, 0.2) is 0 Å². The molecule has 0 aromatic heterocycles. The predicted molar refractivity (Wildman–Crippen MR) is 203 cm³/mol. The Morgan fingerprint density at radius 2 is 0.633 bits per heavy atom. The van der Waals surface area contributed by atoms with E-state index in [0.717, 1.165) is 0 Å².